The van der Waals surface area contributed by atoms with Gasteiger partial charge in [-0.05, 0) is 26.7 Å². The molecule has 0 aliphatic carbocycles. The van der Waals surface area contributed by atoms with Crippen molar-refractivity contribution in [1.82, 2.24) is 15.5 Å². The van der Waals surface area contributed by atoms with E-state index in [4.69, 9.17) is 0 Å². The summed E-state index contributed by atoms with van der Waals surface area (Å²) in [7, 11) is 0. The van der Waals surface area contributed by atoms with E-state index in [9.17, 15) is 4.79 Å². The number of rotatable bonds is 4. The Morgan fingerprint density at radius 3 is 2.80 bits per heavy atom. The lowest BCUT2D eigenvalue weighted by Gasteiger charge is -2.20. The number of urea groups is 1. The lowest BCUT2D eigenvalue weighted by Crippen LogP contribution is -2.44. The standard InChI is InChI=1S/C11H23N3O/c1-4-6-12-11(15)13-10-5-7-14(8-10)9(2)3/h9-10H,4-8H2,1-3H3,(H2,12,13,15). The Kier molecular flexibility index (Phi) is 4.88. The second-order valence-electron chi connectivity index (χ2n) is 4.47. The lowest BCUT2D eigenvalue weighted by molar-refractivity contribution is 0.233. The van der Waals surface area contributed by atoms with Crippen LogP contribution in [0.3, 0.4) is 0 Å². The van der Waals surface area contributed by atoms with Crippen LogP contribution in [0.15, 0.2) is 0 Å². The molecule has 0 saturated carbocycles. The molecule has 4 heteroatoms. The summed E-state index contributed by atoms with van der Waals surface area (Å²) >= 11 is 0. The molecular weight excluding hydrogens is 190 g/mol. The maximum atomic E-state index is 11.4. The Morgan fingerprint density at radius 2 is 2.27 bits per heavy atom. The summed E-state index contributed by atoms with van der Waals surface area (Å²) in [5.41, 5.74) is 0. The minimum absolute atomic E-state index is 0.0209. The van der Waals surface area contributed by atoms with E-state index < -0.39 is 0 Å². The van der Waals surface area contributed by atoms with Crippen LogP contribution in [0.2, 0.25) is 0 Å². The molecule has 0 radical (unpaired) electrons. The van der Waals surface area contributed by atoms with Gasteiger partial charge in [0.15, 0.2) is 0 Å². The normalized spacial score (nSPS) is 22.0. The van der Waals surface area contributed by atoms with Gasteiger partial charge in [-0.15, -0.1) is 0 Å². The summed E-state index contributed by atoms with van der Waals surface area (Å²) in [6.45, 7) is 9.27. The first-order chi connectivity index (χ1) is 7.13. The molecule has 1 aliphatic rings. The third kappa shape index (κ3) is 4.08. The van der Waals surface area contributed by atoms with Crippen LogP contribution in [-0.2, 0) is 0 Å². The van der Waals surface area contributed by atoms with Gasteiger partial charge in [-0.25, -0.2) is 4.79 Å². The number of hydrogen-bond acceptors (Lipinski definition) is 2. The van der Waals surface area contributed by atoms with Crippen LogP contribution in [0.4, 0.5) is 4.79 Å². The predicted octanol–water partition coefficient (Wildman–Crippen LogP) is 1.18. The minimum Gasteiger partial charge on any atom is -0.338 e. The van der Waals surface area contributed by atoms with Crippen molar-refractivity contribution in [1.29, 1.82) is 0 Å². The number of nitrogens with one attached hydrogen (secondary N) is 2. The fraction of sp³-hybridized carbons (Fsp3) is 0.909. The molecule has 1 aliphatic heterocycles. The van der Waals surface area contributed by atoms with Crippen molar-refractivity contribution in [3.05, 3.63) is 0 Å². The van der Waals surface area contributed by atoms with Crippen LogP contribution >= 0.6 is 0 Å². The zero-order chi connectivity index (χ0) is 11.3. The fourth-order valence-electron chi connectivity index (χ4n) is 1.85. The fourth-order valence-corrected chi connectivity index (χ4v) is 1.85. The Balaban J connectivity index is 2.20. The van der Waals surface area contributed by atoms with Gasteiger partial charge >= 0.3 is 6.03 Å². The van der Waals surface area contributed by atoms with E-state index in [1.807, 2.05) is 0 Å². The highest BCUT2D eigenvalue weighted by molar-refractivity contribution is 5.74. The largest absolute Gasteiger partial charge is 0.338 e. The van der Waals surface area contributed by atoms with Crippen LogP contribution in [0.1, 0.15) is 33.6 Å². The molecule has 0 bridgehead atoms. The van der Waals surface area contributed by atoms with Crippen molar-refractivity contribution in [2.45, 2.75) is 45.7 Å². The second kappa shape index (κ2) is 5.95. The van der Waals surface area contributed by atoms with Gasteiger partial charge in [0.05, 0.1) is 0 Å². The van der Waals surface area contributed by atoms with Gasteiger partial charge in [0.2, 0.25) is 0 Å². The average molecular weight is 213 g/mol. The Morgan fingerprint density at radius 1 is 1.53 bits per heavy atom. The summed E-state index contributed by atoms with van der Waals surface area (Å²) in [4.78, 5) is 13.8. The number of carbonyl (C=O) groups excluding carboxylic acids is 1. The monoisotopic (exact) mass is 213 g/mol. The van der Waals surface area contributed by atoms with Gasteiger partial charge < -0.3 is 10.6 Å². The molecule has 1 saturated heterocycles. The van der Waals surface area contributed by atoms with E-state index in [0.29, 0.717) is 12.1 Å². The molecule has 0 aromatic rings. The number of carbonyl (C=O) groups is 1. The quantitative estimate of drug-likeness (QED) is 0.736. The van der Waals surface area contributed by atoms with E-state index in [2.05, 4.69) is 36.3 Å². The van der Waals surface area contributed by atoms with Crippen LogP contribution in [0.5, 0.6) is 0 Å². The molecular formula is C11H23N3O. The van der Waals surface area contributed by atoms with E-state index in [1.165, 1.54) is 0 Å². The van der Waals surface area contributed by atoms with Gasteiger partial charge in [-0.3, -0.25) is 4.90 Å². The second-order valence-corrected chi connectivity index (χ2v) is 4.47. The first kappa shape index (κ1) is 12.3. The molecule has 1 fully saturated rings. The van der Waals surface area contributed by atoms with Gasteiger partial charge in [-0.2, -0.15) is 0 Å². The Hall–Kier alpha value is -0.770. The molecule has 0 aromatic heterocycles. The number of hydrogen-bond donors (Lipinski definition) is 2. The first-order valence-corrected chi connectivity index (χ1v) is 5.92. The SMILES string of the molecule is CCCNC(=O)NC1CCN(C(C)C)C1. The maximum Gasteiger partial charge on any atom is 0.315 e. The van der Waals surface area contributed by atoms with Gasteiger partial charge in [0, 0.05) is 31.7 Å². The van der Waals surface area contributed by atoms with E-state index >= 15 is 0 Å². The summed E-state index contributed by atoms with van der Waals surface area (Å²) in [5, 5.41) is 5.84. The molecule has 1 atom stereocenters. The van der Waals surface area contributed by atoms with E-state index in [-0.39, 0.29) is 6.03 Å². The summed E-state index contributed by atoms with van der Waals surface area (Å²) in [6.07, 6.45) is 2.05. The van der Waals surface area contributed by atoms with Crippen LogP contribution in [-0.4, -0.2) is 42.6 Å². The molecule has 2 amide bonds. The zero-order valence-corrected chi connectivity index (χ0v) is 10.0. The smallest absolute Gasteiger partial charge is 0.315 e. The third-order valence-corrected chi connectivity index (χ3v) is 2.82. The highest BCUT2D eigenvalue weighted by atomic mass is 16.2. The number of amides is 2. The minimum atomic E-state index is -0.0209. The molecule has 1 unspecified atom stereocenters. The molecule has 0 spiro atoms. The maximum absolute atomic E-state index is 11.4. The first-order valence-electron chi connectivity index (χ1n) is 5.92. The number of likely N-dealkylation sites (tertiary alicyclic amines) is 1. The van der Waals surface area contributed by atoms with Gasteiger partial charge in [-0.1, -0.05) is 6.92 Å². The molecule has 4 nitrogen and oxygen atoms in total. The van der Waals surface area contributed by atoms with Crippen molar-refractivity contribution in [2.75, 3.05) is 19.6 Å². The zero-order valence-electron chi connectivity index (χ0n) is 10.0. The summed E-state index contributed by atoms with van der Waals surface area (Å²) in [5.74, 6) is 0. The lowest BCUT2D eigenvalue weighted by atomic mass is 10.3. The molecule has 0 aromatic carbocycles. The highest BCUT2D eigenvalue weighted by Crippen LogP contribution is 2.11. The Labute approximate surface area is 92.4 Å². The third-order valence-electron chi connectivity index (χ3n) is 2.82. The average Bonchev–Trinajstić information content (AvgIpc) is 2.63. The van der Waals surface area contributed by atoms with Crippen molar-refractivity contribution >= 4 is 6.03 Å². The molecule has 15 heavy (non-hydrogen) atoms. The predicted molar refractivity (Wildman–Crippen MR) is 61.9 cm³/mol. The van der Waals surface area contributed by atoms with E-state index in [0.717, 1.165) is 32.5 Å². The highest BCUT2D eigenvalue weighted by Gasteiger charge is 2.24. The van der Waals surface area contributed by atoms with Crippen LogP contribution < -0.4 is 10.6 Å². The van der Waals surface area contributed by atoms with Gasteiger partial charge in [0.25, 0.3) is 0 Å². The molecule has 88 valence electrons. The molecule has 2 N–H and O–H groups in total. The summed E-state index contributed by atoms with van der Waals surface area (Å²) < 4.78 is 0. The summed E-state index contributed by atoms with van der Waals surface area (Å²) in [6, 6.07) is 0.882. The van der Waals surface area contributed by atoms with Crippen LogP contribution in [0, 0.1) is 0 Å². The topological polar surface area (TPSA) is 44.4 Å². The molecule has 1 heterocycles. The number of nitrogens with zero attached hydrogens (tertiary/aromatic N) is 1. The molecule has 1 rings (SSSR count). The van der Waals surface area contributed by atoms with Crippen molar-refractivity contribution in [2.24, 2.45) is 0 Å². The van der Waals surface area contributed by atoms with Crippen LogP contribution in [0.25, 0.3) is 0 Å². The van der Waals surface area contributed by atoms with Gasteiger partial charge in [0.1, 0.15) is 0 Å². The van der Waals surface area contributed by atoms with E-state index in [1.54, 1.807) is 0 Å². The van der Waals surface area contributed by atoms with Crippen molar-refractivity contribution < 1.29 is 4.79 Å². The Bertz CT molecular complexity index is 206. The van der Waals surface area contributed by atoms with Crippen molar-refractivity contribution in [3.8, 4) is 0 Å². The van der Waals surface area contributed by atoms with Crippen molar-refractivity contribution in [3.63, 3.8) is 0 Å².